The highest BCUT2D eigenvalue weighted by Crippen LogP contribution is 2.37. The van der Waals surface area contributed by atoms with Crippen LogP contribution in [0.1, 0.15) is 0 Å². The molecule has 0 radical (unpaired) electrons. The topological polar surface area (TPSA) is 0 Å². The van der Waals surface area contributed by atoms with Gasteiger partial charge in [0.05, 0.1) is 5.02 Å². The van der Waals surface area contributed by atoms with E-state index in [0.717, 1.165) is 15.7 Å². The number of thiol groups is 1. The number of benzene rings is 3. The zero-order chi connectivity index (χ0) is 13.4. The van der Waals surface area contributed by atoms with Crippen LogP contribution in [-0.2, 0) is 0 Å². The largest absolute Gasteiger partial charge is 0.206 e. The van der Waals surface area contributed by atoms with Gasteiger partial charge in [-0.15, -0.1) is 12.6 Å². The standard InChI is InChI=1S/C16H10ClFS/c17-13-6-3-7-14(18)15(13)12-9-8-10-4-1-2-5-11(10)16(12)19/h1-9,19H. The molecule has 3 aromatic rings. The first kappa shape index (κ1) is 12.5. The van der Waals surface area contributed by atoms with Gasteiger partial charge in [-0.3, -0.25) is 0 Å². The second kappa shape index (κ2) is 4.87. The smallest absolute Gasteiger partial charge is 0.132 e. The average Bonchev–Trinajstić information content (AvgIpc) is 2.41. The zero-order valence-corrected chi connectivity index (χ0v) is 11.5. The minimum atomic E-state index is -0.335. The minimum absolute atomic E-state index is 0.335. The third-order valence-electron chi connectivity index (χ3n) is 3.13. The van der Waals surface area contributed by atoms with E-state index < -0.39 is 0 Å². The van der Waals surface area contributed by atoms with E-state index in [1.807, 2.05) is 36.4 Å². The summed E-state index contributed by atoms with van der Waals surface area (Å²) in [5, 5.41) is 2.46. The molecule has 0 N–H and O–H groups in total. The third kappa shape index (κ3) is 2.11. The Morgan fingerprint density at radius 3 is 2.47 bits per heavy atom. The summed E-state index contributed by atoms with van der Waals surface area (Å²) in [6, 6.07) is 16.4. The summed E-state index contributed by atoms with van der Waals surface area (Å²) in [6.45, 7) is 0. The zero-order valence-electron chi connectivity index (χ0n) is 9.90. The van der Waals surface area contributed by atoms with Crippen molar-refractivity contribution in [1.29, 1.82) is 0 Å². The van der Waals surface area contributed by atoms with Crippen LogP contribution in [0, 0.1) is 5.82 Å². The molecule has 0 bridgehead atoms. The van der Waals surface area contributed by atoms with E-state index in [9.17, 15) is 4.39 Å². The van der Waals surface area contributed by atoms with Gasteiger partial charge in [-0.2, -0.15) is 0 Å². The molecular formula is C16H10ClFS. The predicted molar refractivity (Wildman–Crippen MR) is 81.6 cm³/mol. The van der Waals surface area contributed by atoms with Crippen molar-refractivity contribution in [2.75, 3.05) is 0 Å². The first-order valence-electron chi connectivity index (χ1n) is 5.83. The third-order valence-corrected chi connectivity index (χ3v) is 3.93. The van der Waals surface area contributed by atoms with E-state index in [1.54, 1.807) is 12.1 Å². The van der Waals surface area contributed by atoms with Crippen molar-refractivity contribution in [3.63, 3.8) is 0 Å². The SMILES string of the molecule is Fc1cccc(Cl)c1-c1ccc2ccccc2c1S. The van der Waals surface area contributed by atoms with E-state index in [4.69, 9.17) is 11.6 Å². The van der Waals surface area contributed by atoms with Crippen LogP contribution in [0.25, 0.3) is 21.9 Å². The molecule has 19 heavy (non-hydrogen) atoms. The average molecular weight is 289 g/mol. The maximum Gasteiger partial charge on any atom is 0.132 e. The van der Waals surface area contributed by atoms with Gasteiger partial charge in [0.15, 0.2) is 0 Å². The van der Waals surface area contributed by atoms with E-state index in [0.29, 0.717) is 16.1 Å². The predicted octanol–water partition coefficient (Wildman–Crippen LogP) is 5.59. The molecule has 0 amide bonds. The second-order valence-electron chi connectivity index (χ2n) is 4.28. The van der Waals surface area contributed by atoms with E-state index in [-0.39, 0.29) is 5.82 Å². The number of hydrogen-bond acceptors (Lipinski definition) is 1. The Balaban J connectivity index is 2.35. The molecule has 0 aliphatic rings. The highest BCUT2D eigenvalue weighted by molar-refractivity contribution is 7.80. The number of fused-ring (bicyclic) bond motifs is 1. The molecule has 0 heterocycles. The van der Waals surface area contributed by atoms with Gasteiger partial charge in [-0.25, -0.2) is 4.39 Å². The van der Waals surface area contributed by atoms with Crippen molar-refractivity contribution >= 4 is 35.0 Å². The molecule has 0 aromatic heterocycles. The van der Waals surface area contributed by atoms with Gasteiger partial charge in [0.25, 0.3) is 0 Å². The maximum atomic E-state index is 14.0. The fraction of sp³-hybridized carbons (Fsp3) is 0. The normalized spacial score (nSPS) is 10.9. The first-order chi connectivity index (χ1) is 9.18. The summed E-state index contributed by atoms with van der Waals surface area (Å²) in [4.78, 5) is 0.741. The van der Waals surface area contributed by atoms with Crippen LogP contribution < -0.4 is 0 Å². The van der Waals surface area contributed by atoms with Crippen molar-refractivity contribution in [3.05, 3.63) is 65.4 Å². The Labute approximate surface area is 121 Å². The number of hydrogen-bond donors (Lipinski definition) is 1. The van der Waals surface area contributed by atoms with Crippen molar-refractivity contribution in [2.24, 2.45) is 0 Å². The molecule has 0 unspecified atom stereocenters. The molecule has 0 atom stereocenters. The highest BCUT2D eigenvalue weighted by atomic mass is 35.5. The molecule has 3 rings (SSSR count). The van der Waals surface area contributed by atoms with Gasteiger partial charge in [0.2, 0.25) is 0 Å². The van der Waals surface area contributed by atoms with Gasteiger partial charge >= 0.3 is 0 Å². The molecule has 0 aliphatic carbocycles. The molecule has 3 aromatic carbocycles. The molecule has 0 nitrogen and oxygen atoms in total. The van der Waals surface area contributed by atoms with Crippen LogP contribution in [-0.4, -0.2) is 0 Å². The summed E-state index contributed by atoms with van der Waals surface area (Å²) in [6.07, 6.45) is 0. The van der Waals surface area contributed by atoms with Gasteiger partial charge in [0.1, 0.15) is 5.82 Å². The van der Waals surface area contributed by atoms with Crippen molar-refractivity contribution in [1.82, 2.24) is 0 Å². The Hall–Kier alpha value is -1.51. The molecule has 0 fully saturated rings. The highest BCUT2D eigenvalue weighted by Gasteiger charge is 2.13. The Kier molecular flexibility index (Phi) is 3.21. The molecule has 0 saturated carbocycles. The maximum absolute atomic E-state index is 14.0. The number of halogens is 2. The first-order valence-corrected chi connectivity index (χ1v) is 6.66. The summed E-state index contributed by atoms with van der Waals surface area (Å²) >= 11 is 10.7. The lowest BCUT2D eigenvalue weighted by atomic mass is 10.0. The van der Waals surface area contributed by atoms with Crippen LogP contribution in [0.4, 0.5) is 4.39 Å². The lowest BCUT2D eigenvalue weighted by Crippen LogP contribution is -1.88. The summed E-state index contributed by atoms with van der Waals surface area (Å²) in [5.74, 6) is -0.335. The Morgan fingerprint density at radius 2 is 1.68 bits per heavy atom. The van der Waals surface area contributed by atoms with Crippen molar-refractivity contribution in [2.45, 2.75) is 4.90 Å². The van der Waals surface area contributed by atoms with Crippen LogP contribution in [0.3, 0.4) is 0 Å². The molecule has 0 saturated heterocycles. The molecular weight excluding hydrogens is 279 g/mol. The van der Waals surface area contributed by atoms with Crippen molar-refractivity contribution < 1.29 is 4.39 Å². The van der Waals surface area contributed by atoms with Crippen LogP contribution in [0.15, 0.2) is 59.5 Å². The lowest BCUT2D eigenvalue weighted by Gasteiger charge is -2.11. The summed E-state index contributed by atoms with van der Waals surface area (Å²) < 4.78 is 14.0. The van der Waals surface area contributed by atoms with Gasteiger partial charge < -0.3 is 0 Å². The Bertz CT molecular complexity index is 748. The molecule has 0 spiro atoms. The van der Waals surface area contributed by atoms with Gasteiger partial charge in [0, 0.05) is 16.0 Å². The second-order valence-corrected chi connectivity index (χ2v) is 5.13. The van der Waals surface area contributed by atoms with Crippen molar-refractivity contribution in [3.8, 4) is 11.1 Å². The Morgan fingerprint density at radius 1 is 0.895 bits per heavy atom. The quantitative estimate of drug-likeness (QED) is 0.555. The van der Waals surface area contributed by atoms with E-state index in [2.05, 4.69) is 12.6 Å². The van der Waals surface area contributed by atoms with Crippen LogP contribution in [0.2, 0.25) is 5.02 Å². The van der Waals surface area contributed by atoms with Crippen LogP contribution in [0.5, 0.6) is 0 Å². The molecule has 94 valence electrons. The van der Waals surface area contributed by atoms with E-state index >= 15 is 0 Å². The van der Waals surface area contributed by atoms with Crippen LogP contribution >= 0.6 is 24.2 Å². The summed E-state index contributed by atoms with van der Waals surface area (Å²) in [7, 11) is 0. The fourth-order valence-electron chi connectivity index (χ4n) is 2.21. The fourth-order valence-corrected chi connectivity index (χ4v) is 2.87. The summed E-state index contributed by atoms with van der Waals surface area (Å²) in [5.41, 5.74) is 1.12. The number of rotatable bonds is 1. The minimum Gasteiger partial charge on any atom is -0.206 e. The monoisotopic (exact) mass is 288 g/mol. The van der Waals surface area contributed by atoms with Gasteiger partial charge in [-0.1, -0.05) is 54.1 Å². The lowest BCUT2D eigenvalue weighted by molar-refractivity contribution is 0.631. The molecule has 0 aliphatic heterocycles. The van der Waals surface area contributed by atoms with E-state index in [1.165, 1.54) is 6.07 Å². The van der Waals surface area contributed by atoms with Gasteiger partial charge in [-0.05, 0) is 22.9 Å². The molecule has 3 heteroatoms.